The van der Waals surface area contributed by atoms with Crippen LogP contribution in [0.25, 0.3) is 0 Å². The molecule has 3 aromatic rings. The molecule has 3 rings (SSSR count). The second kappa shape index (κ2) is 8.86. The molecule has 132 valence electrons. The Bertz CT molecular complexity index is 872. The lowest BCUT2D eigenvalue weighted by Gasteiger charge is -2.10. The minimum atomic E-state index is 0.570. The van der Waals surface area contributed by atoms with Crippen molar-refractivity contribution in [3.8, 4) is 5.75 Å². The first-order valence-corrected chi connectivity index (χ1v) is 8.79. The Morgan fingerprint density at radius 1 is 0.923 bits per heavy atom. The molecule has 0 amide bonds. The van der Waals surface area contributed by atoms with Gasteiger partial charge < -0.3 is 10.2 Å². The number of nitrogens with zero attached hydrogens (tertiary/aromatic N) is 1. The van der Waals surface area contributed by atoms with Crippen LogP contribution in [0.2, 0.25) is 0 Å². The number of aryl methyl sites for hydroxylation is 2. The molecular formula is C23H24N2O. The van der Waals surface area contributed by atoms with Crippen molar-refractivity contribution in [3.05, 3.63) is 101 Å². The summed E-state index contributed by atoms with van der Waals surface area (Å²) in [5, 5.41) is 4.29. The first-order chi connectivity index (χ1) is 12.7. The van der Waals surface area contributed by atoms with Crippen molar-refractivity contribution >= 4 is 6.21 Å². The van der Waals surface area contributed by atoms with E-state index in [0.717, 1.165) is 11.3 Å². The highest BCUT2D eigenvalue weighted by atomic mass is 16.5. The second-order valence-corrected chi connectivity index (χ2v) is 6.37. The van der Waals surface area contributed by atoms with Gasteiger partial charge in [0.25, 0.3) is 0 Å². The van der Waals surface area contributed by atoms with Gasteiger partial charge in [-0.05, 0) is 48.2 Å². The van der Waals surface area contributed by atoms with Gasteiger partial charge in [0.05, 0.1) is 12.8 Å². The van der Waals surface area contributed by atoms with Crippen LogP contribution in [0.4, 0.5) is 0 Å². The van der Waals surface area contributed by atoms with E-state index in [1.807, 2.05) is 48.7 Å². The van der Waals surface area contributed by atoms with E-state index in [1.165, 1.54) is 22.3 Å². The Hall–Kier alpha value is -3.07. The molecule has 0 saturated heterocycles. The Kier molecular flexibility index (Phi) is 6.05. The van der Waals surface area contributed by atoms with E-state index in [9.17, 15) is 0 Å². The number of hydrogen-bond acceptors (Lipinski definition) is 3. The molecule has 3 heteroatoms. The minimum Gasteiger partial charge on any atom is -0.489 e. The van der Waals surface area contributed by atoms with E-state index in [4.69, 9.17) is 4.74 Å². The van der Waals surface area contributed by atoms with Gasteiger partial charge in [-0.25, -0.2) is 0 Å². The summed E-state index contributed by atoms with van der Waals surface area (Å²) < 4.78 is 5.96. The molecule has 0 fully saturated rings. The van der Waals surface area contributed by atoms with Gasteiger partial charge in [0.15, 0.2) is 0 Å². The van der Waals surface area contributed by atoms with Gasteiger partial charge in [0.1, 0.15) is 12.4 Å². The van der Waals surface area contributed by atoms with Crippen LogP contribution >= 0.6 is 0 Å². The van der Waals surface area contributed by atoms with Gasteiger partial charge >= 0.3 is 0 Å². The molecule has 0 aliphatic heterocycles. The lowest BCUT2D eigenvalue weighted by atomic mass is 10.1. The Morgan fingerprint density at radius 2 is 1.77 bits per heavy atom. The Balaban J connectivity index is 1.56. The molecule has 3 nitrogen and oxygen atoms in total. The monoisotopic (exact) mass is 344 g/mol. The summed E-state index contributed by atoms with van der Waals surface area (Å²) in [6, 6.07) is 24.6. The highest BCUT2D eigenvalue weighted by Gasteiger charge is 2.01. The summed E-state index contributed by atoms with van der Waals surface area (Å²) in [5.41, 5.74) is 8.99. The van der Waals surface area contributed by atoms with Crippen molar-refractivity contribution in [2.45, 2.75) is 27.0 Å². The fourth-order valence-corrected chi connectivity index (χ4v) is 2.65. The van der Waals surface area contributed by atoms with Crippen LogP contribution in [0.3, 0.4) is 0 Å². The number of benzene rings is 3. The van der Waals surface area contributed by atoms with E-state index >= 15 is 0 Å². The zero-order valence-electron chi connectivity index (χ0n) is 15.3. The summed E-state index contributed by atoms with van der Waals surface area (Å²) in [5.74, 6) is 0.845. The third-order valence-corrected chi connectivity index (χ3v) is 4.19. The van der Waals surface area contributed by atoms with E-state index < -0.39 is 0 Å². The van der Waals surface area contributed by atoms with Crippen molar-refractivity contribution in [3.63, 3.8) is 0 Å². The molecule has 0 heterocycles. The van der Waals surface area contributed by atoms with Gasteiger partial charge in [0, 0.05) is 0 Å². The van der Waals surface area contributed by atoms with E-state index in [0.29, 0.717) is 13.2 Å². The van der Waals surface area contributed by atoms with Crippen molar-refractivity contribution < 1.29 is 4.74 Å². The average molecular weight is 344 g/mol. The lowest BCUT2D eigenvalue weighted by Crippen LogP contribution is -2.05. The predicted molar refractivity (Wildman–Crippen MR) is 108 cm³/mol. The normalized spacial score (nSPS) is 10.8. The molecule has 0 aliphatic carbocycles. The molecule has 1 N–H and O–H groups in total. The Morgan fingerprint density at radius 3 is 2.62 bits per heavy atom. The summed E-state index contributed by atoms with van der Waals surface area (Å²) in [6.07, 6.45) is 1.81. The van der Waals surface area contributed by atoms with Crippen molar-refractivity contribution in [2.24, 2.45) is 5.10 Å². The summed E-state index contributed by atoms with van der Waals surface area (Å²) in [7, 11) is 0. The van der Waals surface area contributed by atoms with Gasteiger partial charge in [0.2, 0.25) is 0 Å². The summed E-state index contributed by atoms with van der Waals surface area (Å²) >= 11 is 0. The van der Waals surface area contributed by atoms with Gasteiger partial charge in [-0.15, -0.1) is 0 Å². The molecular weight excluding hydrogens is 320 g/mol. The molecule has 0 spiro atoms. The highest BCUT2D eigenvalue weighted by molar-refractivity contribution is 5.79. The van der Waals surface area contributed by atoms with Gasteiger partial charge in [-0.1, -0.05) is 66.2 Å². The zero-order chi connectivity index (χ0) is 18.2. The smallest absolute Gasteiger partial charge is 0.120 e. The molecule has 0 bridgehead atoms. The maximum atomic E-state index is 5.96. The van der Waals surface area contributed by atoms with Crippen molar-refractivity contribution in [1.29, 1.82) is 0 Å². The third kappa shape index (κ3) is 5.21. The molecule has 26 heavy (non-hydrogen) atoms. The van der Waals surface area contributed by atoms with Crippen LogP contribution in [0.1, 0.15) is 27.8 Å². The molecule has 0 radical (unpaired) electrons. The third-order valence-electron chi connectivity index (χ3n) is 4.19. The van der Waals surface area contributed by atoms with Crippen LogP contribution in [0.15, 0.2) is 77.9 Å². The van der Waals surface area contributed by atoms with E-state index in [1.54, 1.807) is 0 Å². The van der Waals surface area contributed by atoms with Crippen LogP contribution in [0, 0.1) is 13.8 Å². The molecule has 3 aromatic carbocycles. The number of hydrazone groups is 1. The number of ether oxygens (including phenoxy) is 1. The fraction of sp³-hybridized carbons (Fsp3) is 0.174. The first-order valence-electron chi connectivity index (χ1n) is 8.79. The molecule has 0 aliphatic rings. The highest BCUT2D eigenvalue weighted by Crippen LogP contribution is 2.17. The lowest BCUT2D eigenvalue weighted by molar-refractivity contribution is 0.305. The van der Waals surface area contributed by atoms with Gasteiger partial charge in [-0.3, -0.25) is 0 Å². The maximum absolute atomic E-state index is 5.96. The number of hydrogen-bond donors (Lipinski definition) is 1. The fourth-order valence-electron chi connectivity index (χ4n) is 2.65. The Labute approximate surface area is 155 Å². The SMILES string of the molecule is Cc1ccc(C)c(COc2cccc(C=NNCc3ccccc3)c2)c1. The second-order valence-electron chi connectivity index (χ2n) is 6.37. The van der Waals surface area contributed by atoms with Crippen LogP contribution < -0.4 is 10.2 Å². The maximum Gasteiger partial charge on any atom is 0.120 e. The van der Waals surface area contributed by atoms with Crippen LogP contribution in [-0.4, -0.2) is 6.21 Å². The predicted octanol–water partition coefficient (Wildman–Crippen LogP) is 5.01. The topological polar surface area (TPSA) is 33.6 Å². The average Bonchev–Trinajstić information content (AvgIpc) is 2.67. The standard InChI is InChI=1S/C23H24N2O/c1-18-11-12-19(2)22(13-18)17-26-23-10-6-9-21(14-23)16-25-24-15-20-7-4-3-5-8-20/h3-14,16,24H,15,17H2,1-2H3. The number of rotatable bonds is 7. The quantitative estimate of drug-likeness (QED) is 0.483. The zero-order valence-corrected chi connectivity index (χ0v) is 15.3. The largest absolute Gasteiger partial charge is 0.489 e. The van der Waals surface area contributed by atoms with Gasteiger partial charge in [-0.2, -0.15) is 5.10 Å². The molecule has 0 atom stereocenters. The minimum absolute atomic E-state index is 0.570. The molecule has 0 unspecified atom stereocenters. The van der Waals surface area contributed by atoms with E-state index in [-0.39, 0.29) is 0 Å². The number of nitrogens with one attached hydrogen (secondary N) is 1. The molecule has 0 saturated carbocycles. The summed E-state index contributed by atoms with van der Waals surface area (Å²) in [6.45, 7) is 5.49. The molecule has 0 aromatic heterocycles. The van der Waals surface area contributed by atoms with Crippen LogP contribution in [0.5, 0.6) is 5.75 Å². The summed E-state index contributed by atoms with van der Waals surface area (Å²) in [4.78, 5) is 0. The first kappa shape index (κ1) is 17.7. The van der Waals surface area contributed by atoms with Crippen molar-refractivity contribution in [2.75, 3.05) is 0 Å². The van der Waals surface area contributed by atoms with Crippen molar-refractivity contribution in [1.82, 2.24) is 5.43 Å². The van der Waals surface area contributed by atoms with E-state index in [2.05, 4.69) is 54.7 Å². The van der Waals surface area contributed by atoms with Crippen LogP contribution in [-0.2, 0) is 13.2 Å².